The van der Waals surface area contributed by atoms with Crippen molar-refractivity contribution in [2.45, 2.75) is 26.3 Å². The number of ether oxygens (including phenoxy) is 5. The molecule has 0 fully saturated rings. The zero-order valence-electron chi connectivity index (χ0n) is 22.2. The molecule has 1 aliphatic heterocycles. The highest BCUT2D eigenvalue weighted by Gasteiger charge is 2.32. The fourth-order valence-electron chi connectivity index (χ4n) is 4.74. The predicted octanol–water partition coefficient (Wildman–Crippen LogP) is 5.71. The van der Waals surface area contributed by atoms with Crippen molar-refractivity contribution < 1.29 is 23.7 Å². The Bertz CT molecular complexity index is 1260. The van der Waals surface area contributed by atoms with Crippen LogP contribution in [-0.2, 0) is 6.42 Å². The van der Waals surface area contributed by atoms with E-state index in [4.69, 9.17) is 35.9 Å². The van der Waals surface area contributed by atoms with Crippen LogP contribution in [-0.4, -0.2) is 51.6 Å². The van der Waals surface area contributed by atoms with E-state index in [0.717, 1.165) is 34.5 Å². The second kappa shape index (κ2) is 11.6. The van der Waals surface area contributed by atoms with Gasteiger partial charge in [-0.15, -0.1) is 0 Å². The molecule has 1 heterocycles. The Balaban J connectivity index is 1.68. The Kier molecular flexibility index (Phi) is 8.28. The molecular weight excluding hydrogens is 488 g/mol. The minimum absolute atomic E-state index is 0.152. The van der Waals surface area contributed by atoms with Crippen LogP contribution >= 0.6 is 12.2 Å². The van der Waals surface area contributed by atoms with Gasteiger partial charge in [-0.3, -0.25) is 0 Å². The molecule has 7 nitrogen and oxygen atoms in total. The molecule has 0 saturated carbocycles. The molecule has 3 aromatic carbocycles. The van der Waals surface area contributed by atoms with Crippen LogP contribution in [0.1, 0.15) is 28.3 Å². The summed E-state index contributed by atoms with van der Waals surface area (Å²) in [5.74, 6) is 3.60. The van der Waals surface area contributed by atoms with Crippen LogP contribution in [0.4, 0.5) is 5.69 Å². The maximum absolute atomic E-state index is 6.36. The van der Waals surface area contributed by atoms with Crippen LogP contribution in [0.15, 0.2) is 48.5 Å². The third-order valence-corrected chi connectivity index (χ3v) is 6.85. The van der Waals surface area contributed by atoms with Crippen molar-refractivity contribution in [3.05, 3.63) is 70.8 Å². The number of hydrogen-bond acceptors (Lipinski definition) is 6. The standard InChI is InChI=1S/C29H34N2O5S/c1-18-11-19(2)13-22(12-18)36-17-25-23-16-28(35-6)27(34-5)14-20(23)9-10-31(25)29(37)30-24-15-21(32-3)7-8-26(24)33-4/h7-8,11-16,25H,9-10,17H2,1-6H3,(H,30,37). The fraction of sp³-hybridized carbons (Fsp3) is 0.345. The Morgan fingerprint density at radius 3 is 2.16 bits per heavy atom. The number of hydrogen-bond donors (Lipinski definition) is 1. The molecule has 0 amide bonds. The molecule has 4 rings (SSSR count). The minimum Gasteiger partial charge on any atom is -0.497 e. The number of nitrogens with zero attached hydrogens (tertiary/aromatic N) is 1. The number of nitrogens with one attached hydrogen (secondary N) is 1. The summed E-state index contributed by atoms with van der Waals surface area (Å²) < 4.78 is 28.5. The normalized spacial score (nSPS) is 14.4. The number of benzene rings is 3. The monoisotopic (exact) mass is 522 g/mol. The van der Waals surface area contributed by atoms with E-state index in [1.54, 1.807) is 28.4 Å². The third-order valence-electron chi connectivity index (χ3n) is 6.51. The predicted molar refractivity (Wildman–Crippen MR) is 150 cm³/mol. The van der Waals surface area contributed by atoms with E-state index in [-0.39, 0.29) is 6.04 Å². The van der Waals surface area contributed by atoms with Gasteiger partial charge >= 0.3 is 0 Å². The second-order valence-corrected chi connectivity index (χ2v) is 9.38. The lowest BCUT2D eigenvalue weighted by atomic mass is 9.92. The topological polar surface area (TPSA) is 61.4 Å². The lowest BCUT2D eigenvalue weighted by Crippen LogP contribution is -2.44. The van der Waals surface area contributed by atoms with Crippen LogP contribution in [0.2, 0.25) is 0 Å². The van der Waals surface area contributed by atoms with Gasteiger partial charge in [0.25, 0.3) is 0 Å². The first kappa shape index (κ1) is 26.4. The average Bonchev–Trinajstić information content (AvgIpc) is 2.90. The minimum atomic E-state index is -0.152. The summed E-state index contributed by atoms with van der Waals surface area (Å²) in [5.41, 5.74) is 5.33. The highest BCUT2D eigenvalue weighted by atomic mass is 32.1. The molecule has 1 aliphatic rings. The summed E-state index contributed by atoms with van der Waals surface area (Å²) >= 11 is 5.94. The lowest BCUT2D eigenvalue weighted by molar-refractivity contribution is 0.190. The molecule has 0 radical (unpaired) electrons. The molecule has 1 atom stereocenters. The highest BCUT2D eigenvalue weighted by molar-refractivity contribution is 7.80. The van der Waals surface area contributed by atoms with Gasteiger partial charge in [0.1, 0.15) is 23.9 Å². The number of methoxy groups -OCH3 is 4. The number of thiocarbonyl (C=S) groups is 1. The molecule has 1 N–H and O–H groups in total. The van der Waals surface area contributed by atoms with Gasteiger partial charge in [-0.25, -0.2) is 0 Å². The Morgan fingerprint density at radius 1 is 0.838 bits per heavy atom. The first-order chi connectivity index (χ1) is 17.9. The maximum atomic E-state index is 6.36. The molecule has 0 saturated heterocycles. The summed E-state index contributed by atoms with van der Waals surface area (Å²) in [5, 5.41) is 3.95. The van der Waals surface area contributed by atoms with Gasteiger partial charge in [-0.1, -0.05) is 6.07 Å². The smallest absolute Gasteiger partial charge is 0.174 e. The van der Waals surface area contributed by atoms with E-state index < -0.39 is 0 Å². The van der Waals surface area contributed by atoms with Gasteiger partial charge in [0.15, 0.2) is 16.6 Å². The van der Waals surface area contributed by atoms with Gasteiger partial charge in [-0.2, -0.15) is 0 Å². The third kappa shape index (κ3) is 5.85. The van der Waals surface area contributed by atoms with E-state index in [2.05, 4.69) is 36.2 Å². The van der Waals surface area contributed by atoms with E-state index >= 15 is 0 Å². The van der Waals surface area contributed by atoms with Gasteiger partial charge in [0.2, 0.25) is 0 Å². The zero-order chi connectivity index (χ0) is 26.5. The number of anilines is 1. The molecule has 8 heteroatoms. The van der Waals surface area contributed by atoms with Gasteiger partial charge < -0.3 is 33.9 Å². The summed E-state index contributed by atoms with van der Waals surface area (Å²) in [6.07, 6.45) is 0.798. The lowest BCUT2D eigenvalue weighted by Gasteiger charge is -2.39. The molecule has 0 spiro atoms. The van der Waals surface area contributed by atoms with Gasteiger partial charge in [0.05, 0.1) is 40.2 Å². The van der Waals surface area contributed by atoms with Crippen molar-refractivity contribution in [2.75, 3.05) is 46.9 Å². The first-order valence-electron chi connectivity index (χ1n) is 12.1. The van der Waals surface area contributed by atoms with Crippen molar-refractivity contribution in [3.63, 3.8) is 0 Å². The van der Waals surface area contributed by atoms with E-state index in [0.29, 0.717) is 41.3 Å². The van der Waals surface area contributed by atoms with E-state index in [1.807, 2.05) is 36.4 Å². The molecule has 0 bridgehead atoms. The van der Waals surface area contributed by atoms with Crippen LogP contribution in [0.3, 0.4) is 0 Å². The second-order valence-electron chi connectivity index (χ2n) is 9.00. The number of fused-ring (bicyclic) bond motifs is 1. The van der Waals surface area contributed by atoms with Crippen molar-refractivity contribution >= 4 is 23.0 Å². The molecule has 1 unspecified atom stereocenters. The average molecular weight is 523 g/mol. The van der Waals surface area contributed by atoms with Crippen molar-refractivity contribution in [2.24, 2.45) is 0 Å². The number of rotatable bonds is 8. The summed E-state index contributed by atoms with van der Waals surface area (Å²) in [7, 11) is 6.56. The van der Waals surface area contributed by atoms with Crippen LogP contribution in [0.25, 0.3) is 0 Å². The Morgan fingerprint density at radius 2 is 1.51 bits per heavy atom. The molecule has 0 aromatic heterocycles. The zero-order valence-corrected chi connectivity index (χ0v) is 23.0. The molecule has 0 aliphatic carbocycles. The molecular formula is C29H34N2O5S. The highest BCUT2D eigenvalue weighted by Crippen LogP contribution is 2.39. The molecule has 3 aromatic rings. The van der Waals surface area contributed by atoms with Gasteiger partial charge in [-0.05, 0) is 91.1 Å². The van der Waals surface area contributed by atoms with Crippen LogP contribution < -0.4 is 29.0 Å². The maximum Gasteiger partial charge on any atom is 0.174 e. The number of aryl methyl sites for hydroxylation is 2. The van der Waals surface area contributed by atoms with Crippen LogP contribution in [0.5, 0.6) is 28.7 Å². The van der Waals surface area contributed by atoms with E-state index in [9.17, 15) is 0 Å². The van der Waals surface area contributed by atoms with E-state index in [1.165, 1.54) is 5.56 Å². The summed E-state index contributed by atoms with van der Waals surface area (Å²) in [6, 6.07) is 15.7. The Labute approximate surface area is 224 Å². The molecule has 37 heavy (non-hydrogen) atoms. The quantitative estimate of drug-likeness (QED) is 0.378. The van der Waals surface area contributed by atoms with Crippen molar-refractivity contribution in [1.82, 2.24) is 4.90 Å². The molecule has 196 valence electrons. The summed E-state index contributed by atoms with van der Waals surface area (Å²) in [4.78, 5) is 2.16. The summed E-state index contributed by atoms with van der Waals surface area (Å²) in [6.45, 7) is 5.25. The van der Waals surface area contributed by atoms with Gasteiger partial charge in [0, 0.05) is 12.6 Å². The fourth-order valence-corrected chi connectivity index (χ4v) is 5.07. The largest absolute Gasteiger partial charge is 0.497 e. The SMILES string of the molecule is COc1ccc(OC)c(NC(=S)N2CCc3cc(OC)c(OC)cc3C2COc2cc(C)cc(C)c2)c1. The Hall–Kier alpha value is -3.65. The van der Waals surface area contributed by atoms with Crippen LogP contribution in [0, 0.1) is 13.8 Å². The van der Waals surface area contributed by atoms with Crippen molar-refractivity contribution in [1.29, 1.82) is 0 Å². The first-order valence-corrected chi connectivity index (χ1v) is 12.5. The van der Waals surface area contributed by atoms with Crippen molar-refractivity contribution in [3.8, 4) is 28.7 Å².